The number of nitriles is 1. The molecule has 3 nitrogen and oxygen atoms in total. The van der Waals surface area contributed by atoms with E-state index in [4.69, 9.17) is 16.9 Å². The van der Waals surface area contributed by atoms with E-state index in [0.717, 1.165) is 18.7 Å². The number of nitrogens with zero attached hydrogens (tertiary/aromatic N) is 2. The fourth-order valence-corrected chi connectivity index (χ4v) is 1.45. The predicted molar refractivity (Wildman–Crippen MR) is 66.4 cm³/mol. The van der Waals surface area contributed by atoms with Gasteiger partial charge in [0.1, 0.15) is 6.04 Å². The molecular weight excluding hydrogens is 222 g/mol. The standard InChI is InChI=1S/C12H16ClN3/c1-16(2)8-7-15-12(9-14)10-3-5-11(13)6-4-10/h3-6,12,15H,7-8H2,1-2H3. The van der Waals surface area contributed by atoms with Crippen molar-refractivity contribution in [3.05, 3.63) is 34.9 Å². The molecule has 0 bridgehead atoms. The Bertz CT molecular complexity index is 354. The first-order valence-electron chi connectivity index (χ1n) is 5.16. The summed E-state index contributed by atoms with van der Waals surface area (Å²) in [5.41, 5.74) is 0.950. The molecule has 1 atom stereocenters. The van der Waals surface area contributed by atoms with Crippen LogP contribution in [0.3, 0.4) is 0 Å². The molecule has 16 heavy (non-hydrogen) atoms. The summed E-state index contributed by atoms with van der Waals surface area (Å²) in [5.74, 6) is 0. The van der Waals surface area contributed by atoms with Crippen LogP contribution in [-0.4, -0.2) is 32.1 Å². The van der Waals surface area contributed by atoms with E-state index >= 15 is 0 Å². The first-order chi connectivity index (χ1) is 7.63. The van der Waals surface area contributed by atoms with E-state index in [-0.39, 0.29) is 6.04 Å². The average Bonchev–Trinajstić information content (AvgIpc) is 2.26. The molecular formula is C12H16ClN3. The number of halogens is 1. The molecule has 1 N–H and O–H groups in total. The lowest BCUT2D eigenvalue weighted by atomic mass is 10.1. The summed E-state index contributed by atoms with van der Waals surface area (Å²) in [7, 11) is 4.01. The monoisotopic (exact) mass is 237 g/mol. The third-order valence-electron chi connectivity index (χ3n) is 2.24. The first kappa shape index (κ1) is 13.0. The molecule has 1 aromatic rings. The molecule has 86 valence electrons. The van der Waals surface area contributed by atoms with Crippen molar-refractivity contribution >= 4 is 11.6 Å². The van der Waals surface area contributed by atoms with Crippen LogP contribution >= 0.6 is 11.6 Å². The molecule has 1 rings (SSSR count). The Morgan fingerprint density at radius 3 is 2.50 bits per heavy atom. The minimum Gasteiger partial charge on any atom is -0.308 e. The second-order valence-corrected chi connectivity index (χ2v) is 4.31. The molecule has 1 aromatic carbocycles. The minimum absolute atomic E-state index is 0.266. The number of rotatable bonds is 5. The van der Waals surface area contributed by atoms with Gasteiger partial charge in [-0.25, -0.2) is 0 Å². The van der Waals surface area contributed by atoms with Crippen LogP contribution < -0.4 is 5.32 Å². The van der Waals surface area contributed by atoms with Gasteiger partial charge in [0, 0.05) is 18.1 Å². The highest BCUT2D eigenvalue weighted by Crippen LogP contribution is 2.15. The Kier molecular flexibility index (Phi) is 5.27. The molecule has 4 heteroatoms. The molecule has 0 aliphatic carbocycles. The highest BCUT2D eigenvalue weighted by Gasteiger charge is 2.08. The third-order valence-corrected chi connectivity index (χ3v) is 2.49. The van der Waals surface area contributed by atoms with Crippen molar-refractivity contribution in [3.8, 4) is 6.07 Å². The molecule has 0 fully saturated rings. The van der Waals surface area contributed by atoms with Crippen molar-refractivity contribution in [3.63, 3.8) is 0 Å². The summed E-state index contributed by atoms with van der Waals surface area (Å²) in [5, 5.41) is 12.9. The Balaban J connectivity index is 2.55. The summed E-state index contributed by atoms with van der Waals surface area (Å²) in [6, 6.07) is 9.32. The smallest absolute Gasteiger partial charge is 0.121 e. The van der Waals surface area contributed by atoms with Crippen molar-refractivity contribution < 1.29 is 0 Å². The molecule has 1 unspecified atom stereocenters. The van der Waals surface area contributed by atoms with Crippen molar-refractivity contribution in [1.82, 2.24) is 10.2 Å². The van der Waals surface area contributed by atoms with Crippen LogP contribution in [0, 0.1) is 11.3 Å². The second-order valence-electron chi connectivity index (χ2n) is 3.87. The molecule has 0 spiro atoms. The molecule has 0 amide bonds. The van der Waals surface area contributed by atoms with E-state index in [9.17, 15) is 0 Å². The molecule has 0 radical (unpaired) electrons. The molecule has 0 saturated carbocycles. The third kappa shape index (κ3) is 4.19. The summed E-state index contributed by atoms with van der Waals surface area (Å²) in [6.45, 7) is 1.69. The summed E-state index contributed by atoms with van der Waals surface area (Å²) in [4.78, 5) is 2.07. The summed E-state index contributed by atoms with van der Waals surface area (Å²) >= 11 is 5.80. The maximum Gasteiger partial charge on any atom is 0.121 e. The van der Waals surface area contributed by atoms with E-state index in [2.05, 4.69) is 16.3 Å². The molecule has 0 heterocycles. The predicted octanol–water partition coefficient (Wildman–Crippen LogP) is 2.06. The SMILES string of the molecule is CN(C)CCNC(C#N)c1ccc(Cl)cc1. The number of benzene rings is 1. The lowest BCUT2D eigenvalue weighted by Gasteiger charge is -2.14. The van der Waals surface area contributed by atoms with Gasteiger partial charge in [0.2, 0.25) is 0 Å². The van der Waals surface area contributed by atoms with E-state index in [1.807, 2.05) is 26.2 Å². The van der Waals surface area contributed by atoms with E-state index in [0.29, 0.717) is 5.02 Å². The summed E-state index contributed by atoms with van der Waals surface area (Å²) in [6.07, 6.45) is 0. The van der Waals surface area contributed by atoms with Gasteiger partial charge in [-0.2, -0.15) is 5.26 Å². The number of likely N-dealkylation sites (N-methyl/N-ethyl adjacent to an activating group) is 1. The van der Waals surface area contributed by atoms with Crippen LogP contribution in [0.2, 0.25) is 5.02 Å². The van der Waals surface area contributed by atoms with Gasteiger partial charge in [-0.05, 0) is 31.8 Å². The number of nitrogens with one attached hydrogen (secondary N) is 1. The van der Waals surface area contributed by atoms with E-state index < -0.39 is 0 Å². The van der Waals surface area contributed by atoms with Gasteiger partial charge in [0.25, 0.3) is 0 Å². The van der Waals surface area contributed by atoms with E-state index in [1.54, 1.807) is 12.1 Å². The Morgan fingerprint density at radius 1 is 1.38 bits per heavy atom. The van der Waals surface area contributed by atoms with Gasteiger partial charge < -0.3 is 4.90 Å². The Morgan fingerprint density at radius 2 is 2.00 bits per heavy atom. The van der Waals surface area contributed by atoms with Crippen LogP contribution in [-0.2, 0) is 0 Å². The van der Waals surface area contributed by atoms with Crippen molar-refractivity contribution in [2.24, 2.45) is 0 Å². The first-order valence-corrected chi connectivity index (χ1v) is 5.54. The van der Waals surface area contributed by atoms with Crippen LogP contribution in [0.15, 0.2) is 24.3 Å². The molecule has 0 aliphatic heterocycles. The quantitative estimate of drug-likeness (QED) is 0.852. The highest BCUT2D eigenvalue weighted by atomic mass is 35.5. The second kappa shape index (κ2) is 6.49. The zero-order valence-electron chi connectivity index (χ0n) is 9.57. The lowest BCUT2D eigenvalue weighted by Crippen LogP contribution is -2.29. The van der Waals surface area contributed by atoms with Crippen LogP contribution in [0.5, 0.6) is 0 Å². The van der Waals surface area contributed by atoms with E-state index in [1.165, 1.54) is 0 Å². The van der Waals surface area contributed by atoms with Gasteiger partial charge in [0.15, 0.2) is 0 Å². The van der Waals surface area contributed by atoms with Crippen molar-refractivity contribution in [1.29, 1.82) is 5.26 Å². The largest absolute Gasteiger partial charge is 0.308 e. The van der Waals surface area contributed by atoms with Gasteiger partial charge in [-0.1, -0.05) is 23.7 Å². The van der Waals surface area contributed by atoms with Crippen molar-refractivity contribution in [2.45, 2.75) is 6.04 Å². The van der Waals surface area contributed by atoms with Crippen LogP contribution in [0.1, 0.15) is 11.6 Å². The highest BCUT2D eigenvalue weighted by molar-refractivity contribution is 6.30. The Labute approximate surface area is 102 Å². The number of hydrogen-bond acceptors (Lipinski definition) is 3. The molecule has 0 aliphatic rings. The zero-order valence-corrected chi connectivity index (χ0v) is 10.3. The van der Waals surface area contributed by atoms with Crippen LogP contribution in [0.4, 0.5) is 0 Å². The normalized spacial score (nSPS) is 12.4. The molecule has 0 saturated heterocycles. The molecule has 0 aromatic heterocycles. The maximum atomic E-state index is 9.05. The fraction of sp³-hybridized carbons (Fsp3) is 0.417. The topological polar surface area (TPSA) is 39.1 Å². The van der Waals surface area contributed by atoms with Crippen molar-refractivity contribution in [2.75, 3.05) is 27.2 Å². The number of hydrogen-bond donors (Lipinski definition) is 1. The maximum absolute atomic E-state index is 9.05. The minimum atomic E-state index is -0.266. The lowest BCUT2D eigenvalue weighted by molar-refractivity contribution is 0.395. The van der Waals surface area contributed by atoms with Crippen LogP contribution in [0.25, 0.3) is 0 Å². The fourth-order valence-electron chi connectivity index (χ4n) is 1.33. The van der Waals surface area contributed by atoms with Gasteiger partial charge >= 0.3 is 0 Å². The van der Waals surface area contributed by atoms with Gasteiger partial charge in [-0.15, -0.1) is 0 Å². The summed E-state index contributed by atoms with van der Waals surface area (Å²) < 4.78 is 0. The van der Waals surface area contributed by atoms with Gasteiger partial charge in [0.05, 0.1) is 6.07 Å². The Hall–Kier alpha value is -1.08. The van der Waals surface area contributed by atoms with Gasteiger partial charge in [-0.3, -0.25) is 5.32 Å². The zero-order chi connectivity index (χ0) is 12.0. The average molecular weight is 238 g/mol.